The van der Waals surface area contributed by atoms with Crippen LogP contribution in [0.5, 0.6) is 5.75 Å². The number of carbonyl (C=O) groups excluding carboxylic acids is 1. The maximum atomic E-state index is 12.4. The van der Waals surface area contributed by atoms with Gasteiger partial charge >= 0.3 is 0 Å². The first-order valence-corrected chi connectivity index (χ1v) is 11.3. The van der Waals surface area contributed by atoms with E-state index in [9.17, 15) is 4.79 Å². The lowest BCUT2D eigenvalue weighted by Gasteiger charge is -2.10. The zero-order chi connectivity index (χ0) is 22.1. The highest BCUT2D eigenvalue weighted by atomic mass is 32.2. The molecule has 0 fully saturated rings. The normalized spacial score (nSPS) is 10.6. The van der Waals surface area contributed by atoms with Gasteiger partial charge in [-0.25, -0.2) is 0 Å². The van der Waals surface area contributed by atoms with Crippen molar-refractivity contribution in [2.75, 3.05) is 17.7 Å². The van der Waals surface area contributed by atoms with E-state index in [2.05, 4.69) is 22.1 Å². The maximum absolute atomic E-state index is 12.4. The molecule has 7 heteroatoms. The van der Waals surface area contributed by atoms with Crippen LogP contribution < -0.4 is 10.1 Å². The Labute approximate surface area is 187 Å². The number of carbonyl (C=O) groups is 1. The van der Waals surface area contributed by atoms with Crippen LogP contribution >= 0.6 is 11.8 Å². The van der Waals surface area contributed by atoms with Gasteiger partial charge in [0.2, 0.25) is 5.91 Å². The second-order valence-corrected chi connectivity index (χ2v) is 8.11. The number of hydrogen-bond acceptors (Lipinski definition) is 5. The zero-order valence-electron chi connectivity index (χ0n) is 18.0. The number of allylic oxidation sites excluding steroid dienone is 1. The van der Waals surface area contributed by atoms with Crippen LogP contribution in [-0.4, -0.2) is 33.0 Å². The highest BCUT2D eigenvalue weighted by Gasteiger charge is 2.14. The van der Waals surface area contributed by atoms with Gasteiger partial charge in [0, 0.05) is 18.7 Å². The summed E-state index contributed by atoms with van der Waals surface area (Å²) in [4.78, 5) is 12.4. The van der Waals surface area contributed by atoms with Gasteiger partial charge in [0.05, 0.1) is 12.4 Å². The molecule has 0 radical (unpaired) electrons. The molecule has 0 aliphatic carbocycles. The minimum Gasteiger partial charge on any atom is -0.493 e. The molecule has 0 bridgehead atoms. The van der Waals surface area contributed by atoms with Crippen molar-refractivity contribution >= 4 is 23.4 Å². The largest absolute Gasteiger partial charge is 0.493 e. The fourth-order valence-corrected chi connectivity index (χ4v) is 3.85. The highest BCUT2D eigenvalue weighted by molar-refractivity contribution is 7.99. The number of aryl methyl sites for hydroxylation is 3. The highest BCUT2D eigenvalue weighted by Crippen LogP contribution is 2.20. The Kier molecular flexibility index (Phi) is 8.29. The molecule has 0 saturated carbocycles. The average Bonchev–Trinajstić information content (AvgIpc) is 3.14. The number of anilines is 1. The fourth-order valence-electron chi connectivity index (χ4n) is 3.08. The van der Waals surface area contributed by atoms with E-state index in [-0.39, 0.29) is 11.7 Å². The molecule has 1 N–H and O–H groups in total. The summed E-state index contributed by atoms with van der Waals surface area (Å²) in [6.45, 7) is 9.05. The van der Waals surface area contributed by atoms with Crippen molar-refractivity contribution in [2.24, 2.45) is 0 Å². The Morgan fingerprint density at radius 3 is 2.61 bits per heavy atom. The van der Waals surface area contributed by atoms with Crippen LogP contribution in [0.4, 0.5) is 5.69 Å². The number of aromatic nitrogens is 3. The first-order chi connectivity index (χ1) is 15.1. The van der Waals surface area contributed by atoms with Crippen LogP contribution in [0.2, 0.25) is 0 Å². The summed E-state index contributed by atoms with van der Waals surface area (Å²) in [6, 6.07) is 15.7. The number of nitrogens with one attached hydrogen (secondary N) is 1. The number of rotatable bonds is 11. The van der Waals surface area contributed by atoms with Crippen LogP contribution in [0.3, 0.4) is 0 Å². The molecule has 0 aliphatic heterocycles. The Balaban J connectivity index is 1.53. The lowest BCUT2D eigenvalue weighted by molar-refractivity contribution is -0.113. The number of hydrogen-bond donors (Lipinski definition) is 1. The van der Waals surface area contributed by atoms with Crippen molar-refractivity contribution in [1.29, 1.82) is 0 Å². The van der Waals surface area contributed by atoms with Crippen molar-refractivity contribution < 1.29 is 9.53 Å². The molecule has 2 aromatic carbocycles. The first-order valence-electron chi connectivity index (χ1n) is 10.3. The SMILES string of the molecule is C=CCn1c(CCCOc2ccccc2C)nnc1SCC(=O)Nc1ccccc1C. The van der Waals surface area contributed by atoms with E-state index in [1.54, 1.807) is 0 Å². The third-order valence-electron chi connectivity index (χ3n) is 4.75. The smallest absolute Gasteiger partial charge is 0.234 e. The molecule has 3 aromatic rings. The fraction of sp³-hybridized carbons (Fsp3) is 0.292. The van der Waals surface area contributed by atoms with Crippen molar-refractivity contribution in [3.63, 3.8) is 0 Å². The first kappa shape index (κ1) is 22.6. The number of thioether (sulfide) groups is 1. The lowest BCUT2D eigenvalue weighted by atomic mass is 10.2. The maximum Gasteiger partial charge on any atom is 0.234 e. The van der Waals surface area contributed by atoms with E-state index in [4.69, 9.17) is 4.74 Å². The summed E-state index contributed by atoms with van der Waals surface area (Å²) in [6.07, 6.45) is 3.37. The topological polar surface area (TPSA) is 69.0 Å². The minimum absolute atomic E-state index is 0.0689. The summed E-state index contributed by atoms with van der Waals surface area (Å²) in [5, 5.41) is 12.3. The molecule has 0 aliphatic rings. The summed E-state index contributed by atoms with van der Waals surface area (Å²) >= 11 is 1.38. The van der Waals surface area contributed by atoms with Gasteiger partial charge in [-0.3, -0.25) is 4.79 Å². The molecule has 6 nitrogen and oxygen atoms in total. The van der Waals surface area contributed by atoms with Gasteiger partial charge < -0.3 is 14.6 Å². The summed E-state index contributed by atoms with van der Waals surface area (Å²) in [5.41, 5.74) is 2.99. The molecule has 0 spiro atoms. The number of nitrogens with zero attached hydrogens (tertiary/aromatic N) is 3. The molecule has 162 valence electrons. The predicted molar refractivity (Wildman–Crippen MR) is 126 cm³/mol. The van der Waals surface area contributed by atoms with Gasteiger partial charge in [0.25, 0.3) is 0 Å². The molecule has 31 heavy (non-hydrogen) atoms. The van der Waals surface area contributed by atoms with Gasteiger partial charge in [-0.15, -0.1) is 16.8 Å². The van der Waals surface area contributed by atoms with E-state index < -0.39 is 0 Å². The van der Waals surface area contributed by atoms with E-state index in [1.165, 1.54) is 11.8 Å². The monoisotopic (exact) mass is 436 g/mol. The number of benzene rings is 2. The summed E-state index contributed by atoms with van der Waals surface area (Å²) < 4.78 is 7.88. The third-order valence-corrected chi connectivity index (χ3v) is 5.72. The molecule has 3 rings (SSSR count). The zero-order valence-corrected chi connectivity index (χ0v) is 18.8. The van der Waals surface area contributed by atoms with E-state index >= 15 is 0 Å². The third kappa shape index (κ3) is 6.46. The van der Waals surface area contributed by atoms with Gasteiger partial charge in [0.1, 0.15) is 11.6 Å². The summed E-state index contributed by atoms with van der Waals surface area (Å²) in [7, 11) is 0. The van der Waals surface area contributed by atoms with Gasteiger partial charge in [-0.05, 0) is 43.5 Å². The Bertz CT molecular complexity index is 1030. The van der Waals surface area contributed by atoms with E-state index in [1.807, 2.05) is 73.0 Å². The molecular weight excluding hydrogens is 408 g/mol. The molecule has 1 aromatic heterocycles. The average molecular weight is 437 g/mol. The van der Waals surface area contributed by atoms with Crippen molar-refractivity contribution in [1.82, 2.24) is 14.8 Å². The van der Waals surface area contributed by atoms with Crippen LogP contribution in [0.25, 0.3) is 0 Å². The minimum atomic E-state index is -0.0689. The number of para-hydroxylation sites is 2. The van der Waals surface area contributed by atoms with Gasteiger partial charge in [-0.2, -0.15) is 0 Å². The Morgan fingerprint density at radius 2 is 1.87 bits per heavy atom. The molecular formula is C24H28N4O2S. The predicted octanol–water partition coefficient (Wildman–Crippen LogP) is 4.82. The van der Waals surface area contributed by atoms with E-state index in [0.717, 1.165) is 46.4 Å². The van der Waals surface area contributed by atoms with Crippen LogP contribution in [0, 0.1) is 13.8 Å². The van der Waals surface area contributed by atoms with Gasteiger partial charge in [-0.1, -0.05) is 54.2 Å². The standard InChI is InChI=1S/C24H28N4O2S/c1-4-15-28-22(14-9-16-30-21-13-8-6-11-19(21)3)26-27-24(28)31-17-23(29)25-20-12-7-5-10-18(20)2/h4-8,10-13H,1,9,14-17H2,2-3H3,(H,25,29). The number of amides is 1. The van der Waals surface area contributed by atoms with Crippen LogP contribution in [0.15, 0.2) is 66.3 Å². The Morgan fingerprint density at radius 1 is 1.13 bits per heavy atom. The molecule has 0 atom stereocenters. The lowest BCUT2D eigenvalue weighted by Crippen LogP contribution is -2.15. The van der Waals surface area contributed by atoms with Crippen molar-refractivity contribution in [3.05, 3.63) is 78.1 Å². The van der Waals surface area contributed by atoms with Crippen LogP contribution in [0.1, 0.15) is 23.4 Å². The Hall–Kier alpha value is -3.06. The molecule has 0 unspecified atom stereocenters. The second kappa shape index (κ2) is 11.4. The molecule has 1 heterocycles. The quantitative estimate of drug-likeness (QED) is 0.265. The number of ether oxygens (including phenoxy) is 1. The molecule has 1 amide bonds. The van der Waals surface area contributed by atoms with Crippen LogP contribution in [-0.2, 0) is 17.8 Å². The van der Waals surface area contributed by atoms with Crippen molar-refractivity contribution in [2.45, 2.75) is 38.4 Å². The summed E-state index contributed by atoms with van der Waals surface area (Å²) in [5.74, 6) is 1.97. The molecule has 0 saturated heterocycles. The van der Waals surface area contributed by atoms with Gasteiger partial charge in [0.15, 0.2) is 5.16 Å². The van der Waals surface area contributed by atoms with E-state index in [0.29, 0.717) is 13.2 Å². The second-order valence-electron chi connectivity index (χ2n) is 7.17. The van der Waals surface area contributed by atoms with Crippen molar-refractivity contribution in [3.8, 4) is 5.75 Å².